The highest BCUT2D eigenvalue weighted by Crippen LogP contribution is 2.40. The average molecular weight is 328 g/mol. The molecule has 4 nitrogen and oxygen atoms in total. The lowest BCUT2D eigenvalue weighted by molar-refractivity contribution is 0.0175. The second kappa shape index (κ2) is 5.94. The molecule has 126 valence electrons. The fourth-order valence-electron chi connectivity index (χ4n) is 3.53. The number of benzene rings is 1. The normalized spacial score (nSPS) is 22.8. The Morgan fingerprint density at radius 3 is 2.75 bits per heavy atom. The molecule has 0 aromatic heterocycles. The Morgan fingerprint density at radius 2 is 2.12 bits per heavy atom. The van der Waals surface area contributed by atoms with Crippen molar-refractivity contribution in [2.75, 3.05) is 0 Å². The molecule has 1 aromatic carbocycles. The third-order valence-electron chi connectivity index (χ3n) is 4.47. The maximum Gasteiger partial charge on any atom is 0.411 e. The van der Waals surface area contributed by atoms with E-state index in [1.165, 1.54) is 6.07 Å². The van der Waals surface area contributed by atoms with E-state index in [-0.39, 0.29) is 23.7 Å². The number of ether oxygens (including phenoxy) is 1. The topological polar surface area (TPSA) is 53.3 Å². The van der Waals surface area contributed by atoms with Crippen LogP contribution in [0.1, 0.15) is 51.2 Å². The zero-order valence-electron chi connectivity index (χ0n) is 14.2. The van der Waals surface area contributed by atoms with Gasteiger partial charge in [0, 0.05) is 6.04 Å². The second-order valence-corrected chi connectivity index (χ2v) is 7.36. The molecular formula is C19H21FN2O2. The van der Waals surface area contributed by atoms with Gasteiger partial charge in [0.15, 0.2) is 0 Å². The first-order valence-corrected chi connectivity index (χ1v) is 8.21. The lowest BCUT2D eigenvalue weighted by atomic mass is 9.92. The van der Waals surface area contributed by atoms with Crippen molar-refractivity contribution < 1.29 is 13.9 Å². The number of rotatable bonds is 1. The molecule has 3 rings (SSSR count). The lowest BCUT2D eigenvalue weighted by Gasteiger charge is -2.35. The van der Waals surface area contributed by atoms with E-state index in [0.29, 0.717) is 12.0 Å². The molecular weight excluding hydrogens is 307 g/mol. The molecule has 2 bridgehead atoms. The van der Waals surface area contributed by atoms with Crippen LogP contribution in [-0.4, -0.2) is 28.7 Å². The highest BCUT2D eigenvalue weighted by molar-refractivity contribution is 5.77. The summed E-state index contributed by atoms with van der Waals surface area (Å²) < 4.78 is 19.4. The van der Waals surface area contributed by atoms with Crippen LogP contribution in [0, 0.1) is 17.1 Å². The molecule has 2 unspecified atom stereocenters. The molecule has 24 heavy (non-hydrogen) atoms. The Balaban J connectivity index is 1.90. The predicted molar refractivity (Wildman–Crippen MR) is 88.6 cm³/mol. The summed E-state index contributed by atoms with van der Waals surface area (Å²) >= 11 is 0. The smallest absolute Gasteiger partial charge is 0.411 e. The molecule has 5 heteroatoms. The van der Waals surface area contributed by atoms with Crippen LogP contribution in [0.3, 0.4) is 0 Å². The number of hydrogen-bond acceptors (Lipinski definition) is 3. The van der Waals surface area contributed by atoms with Gasteiger partial charge in [0.1, 0.15) is 17.5 Å². The summed E-state index contributed by atoms with van der Waals surface area (Å²) in [4.78, 5) is 14.2. The van der Waals surface area contributed by atoms with Gasteiger partial charge in [0.05, 0.1) is 11.6 Å². The Hall–Kier alpha value is -2.35. The summed E-state index contributed by atoms with van der Waals surface area (Å²) in [6.45, 7) is 5.55. The Labute approximate surface area is 141 Å². The van der Waals surface area contributed by atoms with E-state index >= 15 is 0 Å². The molecule has 1 aromatic rings. The average Bonchev–Trinajstić information content (AvgIpc) is 2.76. The van der Waals surface area contributed by atoms with Crippen LogP contribution in [0.15, 0.2) is 24.3 Å². The van der Waals surface area contributed by atoms with Crippen LogP contribution >= 0.6 is 0 Å². The van der Waals surface area contributed by atoms with Gasteiger partial charge in [-0.25, -0.2) is 9.18 Å². The highest BCUT2D eigenvalue weighted by atomic mass is 19.1. The van der Waals surface area contributed by atoms with Crippen molar-refractivity contribution in [3.8, 4) is 6.07 Å². The largest absolute Gasteiger partial charge is 0.444 e. The molecule has 1 fully saturated rings. The highest BCUT2D eigenvalue weighted by Gasteiger charge is 2.42. The van der Waals surface area contributed by atoms with E-state index in [0.717, 1.165) is 18.4 Å². The predicted octanol–water partition coefficient (Wildman–Crippen LogP) is 4.25. The standard InChI is InChI=1S/C19H21FN2O2/c1-19(2,3)24-18(23)22-13-7-8-14(22)10-12(9-13)15-5-4-6-17(20)16(15)11-21/h4-6,9,13-14H,7-8,10H2,1-3H3. The molecule has 2 aliphatic rings. The molecule has 1 saturated heterocycles. The first-order chi connectivity index (χ1) is 11.3. The Kier molecular flexibility index (Phi) is 4.08. The third kappa shape index (κ3) is 3.01. The van der Waals surface area contributed by atoms with Crippen LogP contribution < -0.4 is 0 Å². The van der Waals surface area contributed by atoms with Gasteiger partial charge in [0.25, 0.3) is 0 Å². The Morgan fingerprint density at radius 1 is 1.38 bits per heavy atom. The van der Waals surface area contributed by atoms with Crippen molar-refractivity contribution >= 4 is 11.7 Å². The summed E-state index contributed by atoms with van der Waals surface area (Å²) in [5.41, 5.74) is 1.13. The quantitative estimate of drug-likeness (QED) is 0.774. The minimum absolute atomic E-state index is 0.0414. The maximum atomic E-state index is 13.9. The van der Waals surface area contributed by atoms with Gasteiger partial charge in [-0.3, -0.25) is 4.90 Å². The number of nitrogens with zero attached hydrogens (tertiary/aromatic N) is 2. The lowest BCUT2D eigenvalue weighted by Crippen LogP contribution is -2.45. The van der Waals surface area contributed by atoms with Crippen molar-refractivity contribution in [3.63, 3.8) is 0 Å². The maximum absolute atomic E-state index is 13.9. The SMILES string of the molecule is CC(C)(C)OC(=O)N1C2C=C(c3cccc(F)c3C#N)CC1CC2. The third-order valence-corrected chi connectivity index (χ3v) is 4.47. The summed E-state index contributed by atoms with van der Waals surface area (Å²) in [5, 5.41) is 9.24. The second-order valence-electron chi connectivity index (χ2n) is 7.36. The molecule has 2 aliphatic heterocycles. The van der Waals surface area contributed by atoms with Gasteiger partial charge in [-0.15, -0.1) is 0 Å². The van der Waals surface area contributed by atoms with E-state index in [1.54, 1.807) is 17.0 Å². The summed E-state index contributed by atoms with van der Waals surface area (Å²) in [6, 6.07) is 6.64. The molecule has 0 N–H and O–H groups in total. The number of carbonyl (C=O) groups excluding carboxylic acids is 1. The van der Waals surface area contributed by atoms with Gasteiger partial charge in [-0.2, -0.15) is 5.26 Å². The van der Waals surface area contributed by atoms with E-state index in [2.05, 4.69) is 0 Å². The number of amides is 1. The van der Waals surface area contributed by atoms with Crippen LogP contribution in [0.5, 0.6) is 0 Å². The van der Waals surface area contributed by atoms with Crippen molar-refractivity contribution in [2.24, 2.45) is 0 Å². The first kappa shape index (κ1) is 16.5. The molecule has 0 radical (unpaired) electrons. The first-order valence-electron chi connectivity index (χ1n) is 8.21. The van der Waals surface area contributed by atoms with Gasteiger partial charge >= 0.3 is 6.09 Å². The van der Waals surface area contributed by atoms with Crippen molar-refractivity contribution in [1.82, 2.24) is 4.90 Å². The van der Waals surface area contributed by atoms with Crippen LogP contribution in [-0.2, 0) is 4.74 Å². The van der Waals surface area contributed by atoms with Crippen LogP contribution in [0.4, 0.5) is 9.18 Å². The van der Waals surface area contributed by atoms with Crippen molar-refractivity contribution in [2.45, 2.75) is 57.7 Å². The van der Waals surface area contributed by atoms with E-state index in [4.69, 9.17) is 4.74 Å². The molecule has 2 atom stereocenters. The summed E-state index contributed by atoms with van der Waals surface area (Å²) in [7, 11) is 0. The number of hydrogen-bond donors (Lipinski definition) is 0. The zero-order valence-corrected chi connectivity index (χ0v) is 14.2. The molecule has 2 heterocycles. The molecule has 0 spiro atoms. The van der Waals surface area contributed by atoms with Crippen molar-refractivity contribution in [1.29, 1.82) is 5.26 Å². The van der Waals surface area contributed by atoms with Gasteiger partial charge in [0.2, 0.25) is 0 Å². The van der Waals surface area contributed by atoms with Gasteiger partial charge in [-0.1, -0.05) is 18.2 Å². The van der Waals surface area contributed by atoms with E-state index in [1.807, 2.05) is 32.9 Å². The minimum atomic E-state index is -0.531. The Bertz CT molecular complexity index is 743. The molecule has 0 aliphatic carbocycles. The van der Waals surface area contributed by atoms with Crippen LogP contribution in [0.25, 0.3) is 5.57 Å². The van der Waals surface area contributed by atoms with Gasteiger partial charge < -0.3 is 4.74 Å². The fraction of sp³-hybridized carbons (Fsp3) is 0.474. The number of fused-ring (bicyclic) bond motifs is 2. The van der Waals surface area contributed by atoms with E-state index in [9.17, 15) is 14.4 Å². The zero-order chi connectivity index (χ0) is 17.5. The monoisotopic (exact) mass is 328 g/mol. The minimum Gasteiger partial charge on any atom is -0.444 e. The van der Waals surface area contributed by atoms with E-state index < -0.39 is 11.4 Å². The van der Waals surface area contributed by atoms with Crippen LogP contribution in [0.2, 0.25) is 0 Å². The summed E-state index contributed by atoms with van der Waals surface area (Å²) in [6.07, 6.45) is 4.06. The van der Waals surface area contributed by atoms with Crippen molar-refractivity contribution in [3.05, 3.63) is 41.2 Å². The van der Waals surface area contributed by atoms with Gasteiger partial charge in [-0.05, 0) is 57.2 Å². The number of nitriles is 1. The molecule has 1 amide bonds. The fourth-order valence-corrected chi connectivity index (χ4v) is 3.53. The number of halogens is 1. The summed E-state index contributed by atoms with van der Waals surface area (Å²) in [5.74, 6) is -0.502. The molecule has 0 saturated carbocycles. The number of carbonyl (C=O) groups is 1.